The van der Waals surface area contributed by atoms with E-state index in [9.17, 15) is 19.5 Å². The molecule has 3 rings (SSSR count). The molecule has 1 heterocycles. The van der Waals surface area contributed by atoms with Crippen molar-refractivity contribution in [3.63, 3.8) is 0 Å². The highest BCUT2D eigenvalue weighted by Gasteiger charge is 2.18. The van der Waals surface area contributed by atoms with Gasteiger partial charge in [0.25, 0.3) is 5.56 Å². The van der Waals surface area contributed by atoms with Crippen LogP contribution in [-0.2, 0) is 4.79 Å². The van der Waals surface area contributed by atoms with Crippen LogP contribution in [0.4, 0.5) is 11.4 Å². The van der Waals surface area contributed by atoms with Crippen LogP contribution in [0, 0.1) is 0 Å². The first kappa shape index (κ1) is 21.4. The largest absolute Gasteiger partial charge is 0.497 e. The van der Waals surface area contributed by atoms with Gasteiger partial charge in [-0.15, -0.1) is 0 Å². The Morgan fingerprint density at radius 2 is 1.84 bits per heavy atom. The maximum Gasteiger partial charge on any atom is 0.335 e. The van der Waals surface area contributed by atoms with Crippen molar-refractivity contribution in [3.05, 3.63) is 68.9 Å². The van der Waals surface area contributed by atoms with Crippen LogP contribution in [0.5, 0.6) is 17.4 Å². The lowest BCUT2D eigenvalue weighted by Crippen LogP contribution is -2.31. The number of hydrogen-bond acceptors (Lipinski definition) is 7. The number of aromatic nitrogens is 2. The fourth-order valence-corrected chi connectivity index (χ4v) is 2.82. The monoisotopic (exact) mass is 424 g/mol. The molecule has 1 aromatic heterocycles. The number of nitrogens with zero attached hydrogens (tertiary/aromatic N) is 2. The average molecular weight is 424 g/mol. The van der Waals surface area contributed by atoms with Gasteiger partial charge >= 0.3 is 5.69 Å². The summed E-state index contributed by atoms with van der Waals surface area (Å²) >= 11 is 0. The second-order valence-electron chi connectivity index (χ2n) is 6.36. The van der Waals surface area contributed by atoms with Gasteiger partial charge in [-0.2, -0.15) is 0 Å². The van der Waals surface area contributed by atoms with E-state index in [1.807, 2.05) is 0 Å². The average Bonchev–Trinajstić information content (AvgIpc) is 2.74. The lowest BCUT2D eigenvalue weighted by atomic mass is 10.2. The van der Waals surface area contributed by atoms with Crippen LogP contribution in [0.1, 0.15) is 12.5 Å². The molecule has 0 unspecified atom stereocenters. The van der Waals surface area contributed by atoms with Gasteiger partial charge in [0, 0.05) is 24.9 Å². The molecule has 0 fully saturated rings. The smallest absolute Gasteiger partial charge is 0.335 e. The number of rotatable bonds is 6. The molecule has 0 aliphatic heterocycles. The normalized spacial score (nSPS) is 10.8. The number of carbonyl (C=O) groups excluding carboxylic acids is 1. The van der Waals surface area contributed by atoms with E-state index < -0.39 is 17.1 Å². The fourth-order valence-electron chi connectivity index (χ4n) is 2.82. The number of methoxy groups -OCH3 is 2. The number of H-pyrrole nitrogens is 1. The number of benzene rings is 2. The molecular formula is C21H20N4O6. The van der Waals surface area contributed by atoms with Crippen molar-refractivity contribution in [2.45, 2.75) is 6.92 Å². The minimum Gasteiger partial charge on any atom is -0.497 e. The molecule has 0 saturated heterocycles. The number of ether oxygens (including phenoxy) is 2. The second kappa shape index (κ2) is 8.99. The van der Waals surface area contributed by atoms with Crippen LogP contribution in [-0.4, -0.2) is 41.0 Å². The van der Waals surface area contributed by atoms with Crippen LogP contribution in [0.15, 0.2) is 57.0 Å². The minimum atomic E-state index is -0.856. The number of aliphatic imine (C=N–C) groups is 1. The Morgan fingerprint density at radius 1 is 1.13 bits per heavy atom. The summed E-state index contributed by atoms with van der Waals surface area (Å²) in [6.45, 7) is 1.40. The summed E-state index contributed by atoms with van der Waals surface area (Å²) in [4.78, 5) is 42.2. The van der Waals surface area contributed by atoms with E-state index in [2.05, 4.69) is 15.3 Å². The van der Waals surface area contributed by atoms with Crippen molar-refractivity contribution in [2.75, 3.05) is 19.5 Å². The zero-order valence-electron chi connectivity index (χ0n) is 17.0. The van der Waals surface area contributed by atoms with Gasteiger partial charge in [0.05, 0.1) is 25.6 Å². The maximum atomic E-state index is 12.5. The van der Waals surface area contributed by atoms with E-state index in [0.717, 1.165) is 10.8 Å². The fraction of sp³-hybridized carbons (Fsp3) is 0.143. The Balaban J connectivity index is 2.06. The molecule has 0 atom stereocenters. The van der Waals surface area contributed by atoms with Crippen molar-refractivity contribution in [1.29, 1.82) is 0 Å². The predicted molar refractivity (Wildman–Crippen MR) is 115 cm³/mol. The van der Waals surface area contributed by atoms with Crippen LogP contribution in [0.25, 0.3) is 5.69 Å². The van der Waals surface area contributed by atoms with E-state index in [1.54, 1.807) is 36.4 Å². The van der Waals surface area contributed by atoms with Gasteiger partial charge in [-0.3, -0.25) is 19.6 Å². The Morgan fingerprint density at radius 3 is 2.45 bits per heavy atom. The van der Waals surface area contributed by atoms with Crippen molar-refractivity contribution in [3.8, 4) is 23.1 Å². The minimum absolute atomic E-state index is 0.176. The number of nitrogens with one attached hydrogen (secondary N) is 2. The highest BCUT2D eigenvalue weighted by Crippen LogP contribution is 2.29. The molecule has 0 radical (unpaired) electrons. The maximum absolute atomic E-state index is 12.5. The van der Waals surface area contributed by atoms with E-state index in [0.29, 0.717) is 17.1 Å². The molecule has 0 spiro atoms. The standard InChI is InChI=1S/C21H20N4O6/c1-12(26)23-14-6-4-13(5-7-14)22-11-16-19(27)24-21(29)25(20(16)28)17-10-15(30-2)8-9-18(17)31-3/h4-11,28H,1-3H3,(H,23,26)(H,24,27,29). The summed E-state index contributed by atoms with van der Waals surface area (Å²) in [7, 11) is 2.86. The summed E-state index contributed by atoms with van der Waals surface area (Å²) in [5.41, 5.74) is -0.661. The molecule has 10 heteroatoms. The first-order chi connectivity index (χ1) is 14.8. The number of hydrogen-bond donors (Lipinski definition) is 3. The van der Waals surface area contributed by atoms with Gasteiger partial charge in [0.2, 0.25) is 11.8 Å². The van der Waals surface area contributed by atoms with Crippen molar-refractivity contribution in [1.82, 2.24) is 9.55 Å². The summed E-state index contributed by atoms with van der Waals surface area (Å²) in [6.07, 6.45) is 1.14. The van der Waals surface area contributed by atoms with Gasteiger partial charge in [-0.25, -0.2) is 9.36 Å². The van der Waals surface area contributed by atoms with Gasteiger partial charge in [-0.1, -0.05) is 0 Å². The summed E-state index contributed by atoms with van der Waals surface area (Å²) in [5, 5.41) is 13.3. The van der Waals surface area contributed by atoms with E-state index in [1.165, 1.54) is 27.2 Å². The zero-order chi connectivity index (χ0) is 22.5. The Hall–Kier alpha value is -4.34. The van der Waals surface area contributed by atoms with Gasteiger partial charge in [-0.05, 0) is 36.4 Å². The van der Waals surface area contributed by atoms with E-state index >= 15 is 0 Å². The SMILES string of the molecule is COc1ccc(OC)c(-n2c(O)c(C=Nc3ccc(NC(C)=O)cc3)c(=O)[nH]c2=O)c1. The molecule has 31 heavy (non-hydrogen) atoms. The van der Waals surface area contributed by atoms with Crippen molar-refractivity contribution >= 4 is 23.5 Å². The first-order valence-corrected chi connectivity index (χ1v) is 9.06. The third kappa shape index (κ3) is 4.64. The number of carbonyl (C=O) groups is 1. The Labute approximate surface area is 176 Å². The molecule has 3 N–H and O–H groups in total. The summed E-state index contributed by atoms with van der Waals surface area (Å²) in [6, 6.07) is 11.2. The number of anilines is 1. The highest BCUT2D eigenvalue weighted by molar-refractivity contribution is 5.89. The lowest BCUT2D eigenvalue weighted by Gasteiger charge is -2.14. The van der Waals surface area contributed by atoms with Gasteiger partial charge in [0.1, 0.15) is 17.1 Å². The van der Waals surface area contributed by atoms with Crippen LogP contribution >= 0.6 is 0 Å². The topological polar surface area (TPSA) is 135 Å². The molecule has 0 saturated carbocycles. The van der Waals surface area contributed by atoms with E-state index in [-0.39, 0.29) is 22.9 Å². The summed E-state index contributed by atoms with van der Waals surface area (Å²) in [5.74, 6) is -0.119. The predicted octanol–water partition coefficient (Wildman–Crippen LogP) is 1.96. The van der Waals surface area contributed by atoms with Crippen LogP contribution in [0.3, 0.4) is 0 Å². The Kier molecular flexibility index (Phi) is 6.20. The number of amides is 1. The highest BCUT2D eigenvalue weighted by atomic mass is 16.5. The molecule has 3 aromatic rings. The molecular weight excluding hydrogens is 404 g/mol. The van der Waals surface area contributed by atoms with Crippen molar-refractivity contribution in [2.24, 2.45) is 4.99 Å². The van der Waals surface area contributed by atoms with Crippen LogP contribution < -0.4 is 26.0 Å². The molecule has 2 aromatic carbocycles. The number of aromatic hydroxyl groups is 1. The molecule has 160 valence electrons. The van der Waals surface area contributed by atoms with Crippen LogP contribution in [0.2, 0.25) is 0 Å². The third-order valence-electron chi connectivity index (χ3n) is 4.28. The zero-order valence-corrected chi connectivity index (χ0v) is 17.0. The van der Waals surface area contributed by atoms with E-state index in [4.69, 9.17) is 9.47 Å². The quantitative estimate of drug-likeness (QED) is 0.518. The first-order valence-electron chi connectivity index (χ1n) is 9.06. The molecule has 0 bridgehead atoms. The van der Waals surface area contributed by atoms with Gasteiger partial charge < -0.3 is 19.9 Å². The lowest BCUT2D eigenvalue weighted by molar-refractivity contribution is -0.114. The number of aromatic amines is 1. The molecule has 0 aliphatic carbocycles. The molecule has 0 aliphatic rings. The molecule has 1 amide bonds. The van der Waals surface area contributed by atoms with Gasteiger partial charge in [0.15, 0.2) is 0 Å². The Bertz CT molecular complexity index is 1260. The second-order valence-corrected chi connectivity index (χ2v) is 6.36. The summed E-state index contributed by atoms with van der Waals surface area (Å²) < 4.78 is 11.3. The molecule has 10 nitrogen and oxygen atoms in total. The third-order valence-corrected chi connectivity index (χ3v) is 4.28. The van der Waals surface area contributed by atoms with Crippen molar-refractivity contribution < 1.29 is 19.4 Å².